The number of aromatic nitrogens is 1. The van der Waals surface area contributed by atoms with Gasteiger partial charge < -0.3 is 4.90 Å². The van der Waals surface area contributed by atoms with Crippen LogP contribution in [0, 0.1) is 5.82 Å². The number of carbonyl (C=O) groups is 1. The number of nitrogens with one attached hydrogen (secondary N) is 1. The van der Waals surface area contributed by atoms with E-state index in [0.29, 0.717) is 22.8 Å². The van der Waals surface area contributed by atoms with Crippen LogP contribution in [0.3, 0.4) is 0 Å². The van der Waals surface area contributed by atoms with Crippen LogP contribution in [0.2, 0.25) is 0 Å². The lowest BCUT2D eigenvalue weighted by molar-refractivity contribution is -0.856. The van der Waals surface area contributed by atoms with Crippen molar-refractivity contribution in [3.05, 3.63) is 53.8 Å². The van der Waals surface area contributed by atoms with E-state index in [9.17, 15) is 9.18 Å². The molecule has 0 fully saturated rings. The molecule has 0 atom stereocenters. The summed E-state index contributed by atoms with van der Waals surface area (Å²) < 4.78 is 14.2. The molecule has 0 spiro atoms. The molecule has 0 aliphatic carbocycles. The number of anilines is 1. The van der Waals surface area contributed by atoms with Crippen molar-refractivity contribution in [3.8, 4) is 0 Å². The fourth-order valence-corrected chi connectivity index (χ4v) is 4.01. The zero-order valence-corrected chi connectivity index (χ0v) is 16.6. The molecule has 0 aliphatic heterocycles. The van der Waals surface area contributed by atoms with Crippen LogP contribution in [-0.4, -0.2) is 44.3 Å². The number of carbonyl (C=O) groups excluding carboxylic acids is 1. The zero-order valence-electron chi connectivity index (χ0n) is 15.0. The van der Waals surface area contributed by atoms with Gasteiger partial charge in [-0.05, 0) is 42.7 Å². The Balaban J connectivity index is 1.98. The molecule has 3 aromatic rings. The highest BCUT2D eigenvalue weighted by Crippen LogP contribution is 2.30. The molecule has 0 saturated heterocycles. The van der Waals surface area contributed by atoms with Crippen LogP contribution in [0.5, 0.6) is 0 Å². The first-order valence-electron chi connectivity index (χ1n) is 8.29. The van der Waals surface area contributed by atoms with Gasteiger partial charge in [0.15, 0.2) is 5.13 Å². The summed E-state index contributed by atoms with van der Waals surface area (Å²) in [5, 5.41) is 0.603. The molecule has 1 N–H and O–H groups in total. The summed E-state index contributed by atoms with van der Waals surface area (Å²) in [7, 11) is 4.09. The lowest BCUT2D eigenvalue weighted by atomic mass is 10.2. The van der Waals surface area contributed by atoms with Gasteiger partial charge in [0, 0.05) is 10.5 Å². The molecule has 1 heterocycles. The lowest BCUT2D eigenvalue weighted by Crippen LogP contribution is -3.06. The zero-order chi connectivity index (χ0) is 18.7. The summed E-state index contributed by atoms with van der Waals surface area (Å²) in [6, 6.07) is 12.1. The van der Waals surface area contributed by atoms with Crippen molar-refractivity contribution in [2.75, 3.05) is 38.3 Å². The van der Waals surface area contributed by atoms with Crippen molar-refractivity contribution in [2.24, 2.45) is 0 Å². The highest BCUT2D eigenvalue weighted by atomic mass is 32.2. The predicted octanol–water partition coefficient (Wildman–Crippen LogP) is 2.95. The smallest absolute Gasteiger partial charge is 0.260 e. The van der Waals surface area contributed by atoms with Gasteiger partial charge in [-0.1, -0.05) is 17.4 Å². The summed E-state index contributed by atoms with van der Waals surface area (Å²) in [4.78, 5) is 21.7. The molecule has 1 aromatic heterocycles. The SMILES string of the molecule is CSc1cccc(C(=O)N(CC[NH+](C)C)c2nc3ccc(F)cc3s2)c1. The molecular weight excluding hydrogens is 369 g/mol. The Kier molecular flexibility index (Phi) is 5.90. The van der Waals surface area contributed by atoms with Gasteiger partial charge in [-0.15, -0.1) is 11.8 Å². The Hall–Kier alpha value is -1.96. The molecule has 3 rings (SSSR count). The average molecular weight is 391 g/mol. The standard InChI is InChI=1S/C19H20FN3OS2/c1-22(2)9-10-23(18(24)13-5-4-6-15(11-13)25-3)19-21-16-8-7-14(20)12-17(16)26-19/h4-8,11-12H,9-10H2,1-3H3/p+1. The number of hydrogen-bond acceptors (Lipinski definition) is 4. The van der Waals surface area contributed by atoms with E-state index >= 15 is 0 Å². The molecular formula is C19H21FN3OS2+. The van der Waals surface area contributed by atoms with E-state index in [1.165, 1.54) is 28.4 Å². The molecule has 7 heteroatoms. The number of thiazole rings is 1. The minimum atomic E-state index is -0.295. The molecule has 0 saturated carbocycles. The van der Waals surface area contributed by atoms with Crippen LogP contribution >= 0.6 is 23.1 Å². The largest absolute Gasteiger partial charge is 0.338 e. The van der Waals surface area contributed by atoms with E-state index in [1.54, 1.807) is 22.7 Å². The fraction of sp³-hybridized carbons (Fsp3) is 0.263. The molecule has 136 valence electrons. The monoisotopic (exact) mass is 390 g/mol. The van der Waals surface area contributed by atoms with E-state index < -0.39 is 0 Å². The van der Waals surface area contributed by atoms with Crippen molar-refractivity contribution in [3.63, 3.8) is 0 Å². The second-order valence-electron chi connectivity index (χ2n) is 6.25. The summed E-state index contributed by atoms with van der Waals surface area (Å²) in [6.45, 7) is 1.34. The minimum absolute atomic E-state index is 0.0818. The summed E-state index contributed by atoms with van der Waals surface area (Å²) >= 11 is 2.95. The van der Waals surface area contributed by atoms with Crippen LogP contribution in [0.25, 0.3) is 10.2 Å². The fourth-order valence-electron chi connectivity index (χ4n) is 2.53. The summed E-state index contributed by atoms with van der Waals surface area (Å²) in [5.41, 5.74) is 1.34. The third-order valence-corrected chi connectivity index (χ3v) is 5.73. The number of halogens is 1. The van der Waals surface area contributed by atoms with Crippen LogP contribution in [0.1, 0.15) is 10.4 Å². The molecule has 0 radical (unpaired) electrons. The second-order valence-corrected chi connectivity index (χ2v) is 8.14. The van der Waals surface area contributed by atoms with E-state index in [1.807, 2.05) is 44.6 Å². The van der Waals surface area contributed by atoms with Gasteiger partial charge >= 0.3 is 0 Å². The van der Waals surface area contributed by atoms with Gasteiger partial charge in [-0.2, -0.15) is 0 Å². The highest BCUT2D eigenvalue weighted by molar-refractivity contribution is 7.98. The maximum Gasteiger partial charge on any atom is 0.260 e. The molecule has 0 aliphatic rings. The second kappa shape index (κ2) is 8.16. The van der Waals surface area contributed by atoms with Crippen molar-refractivity contribution in [1.29, 1.82) is 0 Å². The van der Waals surface area contributed by atoms with Gasteiger partial charge in [-0.25, -0.2) is 9.37 Å². The number of nitrogens with zero attached hydrogens (tertiary/aromatic N) is 2. The van der Waals surface area contributed by atoms with Crippen molar-refractivity contribution >= 4 is 44.4 Å². The topological polar surface area (TPSA) is 37.6 Å². The Labute approximate surface area is 160 Å². The van der Waals surface area contributed by atoms with Gasteiger partial charge in [0.25, 0.3) is 5.91 Å². The number of amides is 1. The molecule has 0 unspecified atom stereocenters. The number of fused-ring (bicyclic) bond motifs is 1. The average Bonchev–Trinajstić information content (AvgIpc) is 3.04. The number of likely N-dealkylation sites (N-methyl/N-ethyl adjacent to an activating group) is 1. The van der Waals surface area contributed by atoms with Crippen LogP contribution in [-0.2, 0) is 0 Å². The quantitative estimate of drug-likeness (QED) is 0.658. The third kappa shape index (κ3) is 4.23. The Morgan fingerprint density at radius 3 is 2.81 bits per heavy atom. The summed E-state index contributed by atoms with van der Waals surface area (Å²) in [5.74, 6) is -0.377. The number of rotatable bonds is 6. The highest BCUT2D eigenvalue weighted by Gasteiger charge is 2.22. The number of thioether (sulfide) groups is 1. The van der Waals surface area contributed by atoms with Crippen LogP contribution in [0.15, 0.2) is 47.4 Å². The minimum Gasteiger partial charge on any atom is -0.338 e. The lowest BCUT2D eigenvalue weighted by Gasteiger charge is -2.21. The predicted molar refractivity (Wildman–Crippen MR) is 107 cm³/mol. The Bertz CT molecular complexity index is 926. The molecule has 1 amide bonds. The van der Waals surface area contributed by atoms with E-state index in [0.717, 1.165) is 16.1 Å². The number of benzene rings is 2. The van der Waals surface area contributed by atoms with Crippen molar-refractivity contribution < 1.29 is 14.1 Å². The molecule has 0 bridgehead atoms. The van der Waals surface area contributed by atoms with Gasteiger partial charge in [0.2, 0.25) is 0 Å². The van der Waals surface area contributed by atoms with Crippen LogP contribution < -0.4 is 9.80 Å². The Morgan fingerprint density at radius 1 is 1.27 bits per heavy atom. The number of quaternary nitrogens is 1. The van der Waals surface area contributed by atoms with E-state index in [2.05, 4.69) is 4.98 Å². The van der Waals surface area contributed by atoms with Gasteiger partial charge in [0.05, 0.1) is 37.4 Å². The summed E-state index contributed by atoms with van der Waals surface area (Å²) in [6.07, 6.45) is 1.98. The molecule has 2 aromatic carbocycles. The Morgan fingerprint density at radius 2 is 2.08 bits per heavy atom. The number of hydrogen-bond donors (Lipinski definition) is 1. The maximum absolute atomic E-state index is 13.5. The first kappa shape index (κ1) is 18.8. The molecule has 26 heavy (non-hydrogen) atoms. The third-order valence-electron chi connectivity index (χ3n) is 3.97. The first-order valence-corrected chi connectivity index (χ1v) is 10.3. The van der Waals surface area contributed by atoms with E-state index in [-0.39, 0.29) is 11.7 Å². The van der Waals surface area contributed by atoms with Gasteiger partial charge in [-0.3, -0.25) is 9.69 Å². The first-order chi connectivity index (χ1) is 12.5. The van der Waals surface area contributed by atoms with Crippen molar-refractivity contribution in [1.82, 2.24) is 4.98 Å². The van der Waals surface area contributed by atoms with Crippen LogP contribution in [0.4, 0.5) is 9.52 Å². The normalized spacial score (nSPS) is 11.3. The van der Waals surface area contributed by atoms with E-state index in [4.69, 9.17) is 0 Å². The molecule has 4 nitrogen and oxygen atoms in total. The van der Waals surface area contributed by atoms with Gasteiger partial charge in [0.1, 0.15) is 5.82 Å². The van der Waals surface area contributed by atoms with Crippen molar-refractivity contribution in [2.45, 2.75) is 4.90 Å². The maximum atomic E-state index is 13.5.